The number of anilines is 9. The molecule has 0 N–H and O–H groups in total. The van der Waals surface area contributed by atoms with Gasteiger partial charge in [0.1, 0.15) is 11.5 Å². The van der Waals surface area contributed by atoms with Crippen LogP contribution in [0.2, 0.25) is 0 Å². The van der Waals surface area contributed by atoms with Gasteiger partial charge >= 0.3 is 0 Å². The van der Waals surface area contributed by atoms with Crippen molar-refractivity contribution < 1.29 is 4.74 Å². The van der Waals surface area contributed by atoms with Crippen molar-refractivity contribution in [2.45, 2.75) is 93.9 Å². The summed E-state index contributed by atoms with van der Waals surface area (Å²) < 4.78 is 8.87. The van der Waals surface area contributed by atoms with Gasteiger partial charge in [0.15, 0.2) is 0 Å². The highest BCUT2D eigenvalue weighted by Gasteiger charge is 2.48. The van der Waals surface area contributed by atoms with Crippen LogP contribution in [0.15, 0.2) is 182 Å². The maximum Gasteiger partial charge on any atom is 0.256 e. The fourth-order valence-corrected chi connectivity index (χ4v) is 14.3. The topological polar surface area (TPSA) is 19.0 Å². The lowest BCUT2D eigenvalue weighted by Crippen LogP contribution is -2.64. The lowest BCUT2D eigenvalue weighted by Gasteiger charge is -2.46. The Hall–Kier alpha value is -7.74. The van der Waals surface area contributed by atoms with Crippen LogP contribution in [0.5, 0.6) is 11.5 Å². The van der Waals surface area contributed by atoms with Crippen LogP contribution >= 0.6 is 22.6 Å². The Bertz CT molecular complexity index is 4170. The molecule has 4 heterocycles. The number of halogens is 1. The van der Waals surface area contributed by atoms with Crippen LogP contribution < -0.4 is 52.2 Å². The summed E-state index contributed by atoms with van der Waals surface area (Å²) in [7, 11) is 0. The van der Waals surface area contributed by atoms with Crippen LogP contribution in [0, 0.1) is 45.1 Å². The number of fused-ring (bicyclic) bond motifs is 8. The summed E-state index contributed by atoms with van der Waals surface area (Å²) in [6.45, 7) is 17.8. The van der Waals surface area contributed by atoms with Crippen molar-refractivity contribution >= 4 is 120 Å². The molecule has 0 spiro atoms. The molecule has 0 radical (unpaired) electrons. The molecule has 7 heteroatoms. The van der Waals surface area contributed by atoms with Crippen LogP contribution in [-0.4, -0.2) is 13.4 Å². The largest absolute Gasteiger partial charge is 0.458 e. The molecule has 10 aromatic carbocycles. The number of hydrogen-bond acceptors (Lipinski definition) is 4. The molecular formula is C74H66B2IN3O. The Morgan fingerprint density at radius 2 is 0.889 bits per heavy atom. The lowest BCUT2D eigenvalue weighted by molar-refractivity contribution is 0.488. The highest BCUT2D eigenvalue weighted by molar-refractivity contribution is 14.1. The van der Waals surface area contributed by atoms with Crippen molar-refractivity contribution in [3.63, 3.8) is 0 Å². The molecule has 0 bridgehead atoms. The number of ether oxygens (including phenoxy) is 1. The Labute approximate surface area is 493 Å². The SMILES string of the molecule is CCCCc1ccc(N2c3cccc(C)c3B3c4cc5c(cc4Oc4cc(-c6ccc(C)cc6C)cc2c43)N(c2ccc(I)cc2)c2cc(-c3ccc(C)cc3C)cc3c2B5c2cc(C)ccc2N3c2ccc(CCCC)cc2)cc1. The maximum absolute atomic E-state index is 7.67. The quantitative estimate of drug-likeness (QED) is 0.0949. The predicted octanol–water partition coefficient (Wildman–Crippen LogP) is 16.6. The molecule has 0 aliphatic carbocycles. The number of nitrogens with zero attached hydrogens (tertiary/aromatic N) is 3. The van der Waals surface area contributed by atoms with Gasteiger partial charge in [0.05, 0.1) is 0 Å². The highest BCUT2D eigenvalue weighted by atomic mass is 127. The molecule has 0 aromatic heterocycles. The van der Waals surface area contributed by atoms with Gasteiger partial charge in [0.2, 0.25) is 0 Å². The van der Waals surface area contributed by atoms with Gasteiger partial charge in [-0.05, 0) is 252 Å². The molecule has 0 fully saturated rings. The van der Waals surface area contributed by atoms with Crippen LogP contribution in [0.4, 0.5) is 51.2 Å². The van der Waals surface area contributed by atoms with Crippen molar-refractivity contribution in [2.24, 2.45) is 0 Å². The van der Waals surface area contributed by atoms with Gasteiger partial charge in [0, 0.05) is 60.8 Å². The maximum atomic E-state index is 7.67. The summed E-state index contributed by atoms with van der Waals surface area (Å²) in [5.74, 6) is 1.80. The summed E-state index contributed by atoms with van der Waals surface area (Å²) in [5, 5.41) is 0. The fraction of sp³-hybridized carbons (Fsp3) is 0.189. The van der Waals surface area contributed by atoms with Crippen molar-refractivity contribution in [1.82, 2.24) is 0 Å². The second kappa shape index (κ2) is 20.4. The predicted molar refractivity (Wildman–Crippen MR) is 356 cm³/mol. The molecule has 0 atom stereocenters. The van der Waals surface area contributed by atoms with E-state index in [-0.39, 0.29) is 13.4 Å². The number of unbranched alkanes of at least 4 members (excludes halogenated alkanes) is 2. The summed E-state index contributed by atoms with van der Waals surface area (Å²) in [5.41, 5.74) is 33.3. The number of hydrogen-bond donors (Lipinski definition) is 0. The van der Waals surface area contributed by atoms with E-state index in [2.05, 4.69) is 275 Å². The second-order valence-corrected chi connectivity index (χ2v) is 24.7. The van der Waals surface area contributed by atoms with Crippen LogP contribution in [0.1, 0.15) is 84.0 Å². The number of aryl methyl sites for hydroxylation is 8. The molecule has 4 nitrogen and oxygen atoms in total. The highest BCUT2D eigenvalue weighted by Crippen LogP contribution is 2.49. The molecule has 0 saturated carbocycles. The lowest BCUT2D eigenvalue weighted by atomic mass is 9.30. The first-order valence-corrected chi connectivity index (χ1v) is 30.4. The molecule has 10 aromatic rings. The Morgan fingerprint density at radius 1 is 0.383 bits per heavy atom. The third kappa shape index (κ3) is 8.63. The van der Waals surface area contributed by atoms with Gasteiger partial charge < -0.3 is 19.4 Å². The first-order chi connectivity index (χ1) is 39.4. The van der Waals surface area contributed by atoms with Crippen molar-refractivity contribution in [3.8, 4) is 33.8 Å². The van der Waals surface area contributed by atoms with E-state index in [0.717, 1.165) is 52.7 Å². The van der Waals surface area contributed by atoms with Gasteiger partial charge in [-0.15, -0.1) is 0 Å². The van der Waals surface area contributed by atoms with Crippen LogP contribution in [-0.2, 0) is 12.8 Å². The Morgan fingerprint density at radius 3 is 1.47 bits per heavy atom. The summed E-state index contributed by atoms with van der Waals surface area (Å²) in [6, 6.07) is 70.5. The van der Waals surface area contributed by atoms with Gasteiger partial charge in [-0.25, -0.2) is 0 Å². The monoisotopic (exact) mass is 1160 g/mol. The van der Waals surface area contributed by atoms with E-state index in [1.165, 1.54) is 152 Å². The number of benzene rings is 10. The summed E-state index contributed by atoms with van der Waals surface area (Å²) in [4.78, 5) is 7.66. The summed E-state index contributed by atoms with van der Waals surface area (Å²) >= 11 is 2.45. The molecule has 81 heavy (non-hydrogen) atoms. The van der Waals surface area contributed by atoms with Crippen LogP contribution in [0.25, 0.3) is 22.3 Å². The molecule has 396 valence electrons. The van der Waals surface area contributed by atoms with Gasteiger partial charge in [0.25, 0.3) is 13.4 Å². The van der Waals surface area contributed by atoms with Crippen LogP contribution in [0.3, 0.4) is 0 Å². The minimum Gasteiger partial charge on any atom is -0.458 e. The minimum atomic E-state index is -0.101. The van der Waals surface area contributed by atoms with Gasteiger partial charge in [-0.3, -0.25) is 0 Å². The zero-order valence-electron chi connectivity index (χ0n) is 47.8. The third-order valence-corrected chi connectivity index (χ3v) is 18.6. The van der Waals surface area contributed by atoms with E-state index in [1.807, 2.05) is 0 Å². The second-order valence-electron chi connectivity index (χ2n) is 23.5. The van der Waals surface area contributed by atoms with E-state index in [1.54, 1.807) is 0 Å². The van der Waals surface area contributed by atoms with Gasteiger partial charge in [-0.2, -0.15) is 0 Å². The van der Waals surface area contributed by atoms with E-state index in [0.29, 0.717) is 0 Å². The molecule has 0 saturated heterocycles. The van der Waals surface area contributed by atoms with E-state index in [4.69, 9.17) is 4.74 Å². The normalized spacial score (nSPS) is 13.3. The molecule has 4 aliphatic heterocycles. The molecule has 4 aliphatic rings. The Kier molecular flexibility index (Phi) is 12.9. The fourth-order valence-electron chi connectivity index (χ4n) is 14.0. The molecular weight excluding hydrogens is 1100 g/mol. The molecule has 0 amide bonds. The molecule has 0 unspecified atom stereocenters. The van der Waals surface area contributed by atoms with Crippen molar-refractivity contribution in [2.75, 3.05) is 14.7 Å². The van der Waals surface area contributed by atoms with Crippen molar-refractivity contribution in [3.05, 3.63) is 230 Å². The zero-order valence-corrected chi connectivity index (χ0v) is 50.0. The van der Waals surface area contributed by atoms with Crippen molar-refractivity contribution in [1.29, 1.82) is 0 Å². The summed E-state index contributed by atoms with van der Waals surface area (Å²) in [6.07, 6.45) is 6.87. The first-order valence-electron chi connectivity index (χ1n) is 29.3. The van der Waals surface area contributed by atoms with E-state index < -0.39 is 0 Å². The molecule has 14 rings (SSSR count). The smallest absolute Gasteiger partial charge is 0.256 e. The first kappa shape index (κ1) is 51.4. The van der Waals surface area contributed by atoms with E-state index >= 15 is 0 Å². The third-order valence-electron chi connectivity index (χ3n) is 17.9. The average Bonchev–Trinajstić information content (AvgIpc) is 2.36. The average molecular weight is 1160 g/mol. The standard InChI is InChI=1S/C74H66B2IN3O/c1-9-11-15-51-21-27-56(28-22-51)78-64-35-20-47(5)38-61(64)75-62-43-63-70(44-66(62)80(58-31-25-55(77)26-32-58)68-40-53(39-67(78)73(68)75)59-33-18-45(3)36-49(59)7)81-71-42-54(60-34-19-46(4)37-50(60)8)41-69-74(71)76(63)72-48(6)14-13-17-65(72)79(69)57-29-23-52(24-30-57)16-12-10-2/h13-14,17-44H,9-12,15-16H2,1-8H3. The number of rotatable bonds is 11. The Balaban J connectivity index is 1.05. The van der Waals surface area contributed by atoms with E-state index in [9.17, 15) is 0 Å². The zero-order chi connectivity index (χ0) is 55.4. The minimum absolute atomic E-state index is 0.0889. The van der Waals surface area contributed by atoms with Gasteiger partial charge in [-0.1, -0.05) is 140 Å².